The van der Waals surface area contributed by atoms with Gasteiger partial charge in [-0.25, -0.2) is 0 Å². The summed E-state index contributed by atoms with van der Waals surface area (Å²) < 4.78 is 0. The lowest BCUT2D eigenvalue weighted by Gasteiger charge is -2.26. The van der Waals surface area contributed by atoms with Gasteiger partial charge in [0.1, 0.15) is 6.29 Å². The number of benzene rings is 3. The number of rotatable bonds is 4. The van der Waals surface area contributed by atoms with E-state index in [-0.39, 0.29) is 0 Å². The summed E-state index contributed by atoms with van der Waals surface area (Å²) in [5, 5.41) is 14.0. The highest BCUT2D eigenvalue weighted by Crippen LogP contribution is 2.42. The molecule has 2 atom stereocenters. The average molecular weight is 394 g/mol. The van der Waals surface area contributed by atoms with Gasteiger partial charge < -0.3 is 9.90 Å². The average Bonchev–Trinajstić information content (AvgIpc) is 3.22. The topological polar surface area (TPSA) is 54.4 Å². The Kier molecular flexibility index (Phi) is 4.04. The van der Waals surface area contributed by atoms with Gasteiger partial charge in [0.05, 0.1) is 11.3 Å². The molecule has 0 amide bonds. The van der Waals surface area contributed by atoms with Crippen molar-refractivity contribution in [2.24, 2.45) is 5.41 Å². The number of hydrogen-bond acceptors (Lipinski definition) is 2. The first-order valence-electron chi connectivity index (χ1n) is 10.2. The molecule has 30 heavy (non-hydrogen) atoms. The van der Waals surface area contributed by atoms with Gasteiger partial charge in [0.2, 0.25) is 0 Å². The van der Waals surface area contributed by atoms with Crippen molar-refractivity contribution >= 4 is 39.9 Å². The van der Waals surface area contributed by atoms with Crippen LogP contribution in [0.4, 0.5) is 0 Å². The Labute approximate surface area is 175 Å². The molecule has 1 N–H and O–H groups in total. The fraction of sp³-hybridized carbons (Fsp3) is 0.185. The second-order valence-corrected chi connectivity index (χ2v) is 8.71. The van der Waals surface area contributed by atoms with Crippen LogP contribution in [0.3, 0.4) is 0 Å². The zero-order chi connectivity index (χ0) is 21.0. The van der Waals surface area contributed by atoms with Crippen molar-refractivity contribution in [3.05, 3.63) is 89.0 Å². The molecule has 3 nitrogen and oxygen atoms in total. The molecule has 0 spiro atoms. The second-order valence-electron chi connectivity index (χ2n) is 8.71. The van der Waals surface area contributed by atoms with Crippen LogP contribution in [-0.2, 0) is 9.59 Å². The molecule has 2 aliphatic rings. The van der Waals surface area contributed by atoms with E-state index in [4.69, 9.17) is 0 Å². The largest absolute Gasteiger partial charge is 0.481 e. The van der Waals surface area contributed by atoms with Crippen LogP contribution in [0.5, 0.6) is 0 Å². The predicted molar refractivity (Wildman–Crippen MR) is 121 cm³/mol. The van der Waals surface area contributed by atoms with Crippen LogP contribution in [0.25, 0.3) is 27.6 Å². The maximum absolute atomic E-state index is 11.8. The van der Waals surface area contributed by atoms with Crippen molar-refractivity contribution < 1.29 is 14.7 Å². The molecule has 2 unspecified atom stereocenters. The number of aliphatic carboxylic acids is 1. The lowest BCUT2D eigenvalue weighted by atomic mass is 9.75. The van der Waals surface area contributed by atoms with Gasteiger partial charge in [-0.1, -0.05) is 72.8 Å². The van der Waals surface area contributed by atoms with Gasteiger partial charge >= 0.3 is 5.97 Å². The quantitative estimate of drug-likeness (QED) is 0.437. The van der Waals surface area contributed by atoms with E-state index in [1.165, 1.54) is 22.1 Å². The Hall–Kier alpha value is -3.46. The molecule has 3 aromatic carbocycles. The highest BCUT2D eigenvalue weighted by molar-refractivity contribution is 6.11. The third kappa shape index (κ3) is 2.58. The van der Waals surface area contributed by atoms with Crippen LogP contribution in [0.2, 0.25) is 0 Å². The summed E-state index contributed by atoms with van der Waals surface area (Å²) in [7, 11) is 0. The first kappa shape index (κ1) is 18.6. The normalized spacial score (nSPS) is 18.2. The van der Waals surface area contributed by atoms with Crippen LogP contribution in [-0.4, -0.2) is 17.4 Å². The molecule has 0 fully saturated rings. The fourth-order valence-electron chi connectivity index (χ4n) is 4.77. The first-order chi connectivity index (χ1) is 14.4. The molecule has 0 radical (unpaired) electrons. The molecule has 2 aliphatic carbocycles. The van der Waals surface area contributed by atoms with Gasteiger partial charge in [-0.2, -0.15) is 0 Å². The van der Waals surface area contributed by atoms with E-state index in [1.54, 1.807) is 13.8 Å². The molecular weight excluding hydrogens is 372 g/mol. The number of hydrogen-bond donors (Lipinski definition) is 1. The fourth-order valence-corrected chi connectivity index (χ4v) is 4.77. The van der Waals surface area contributed by atoms with E-state index in [0.717, 1.165) is 28.0 Å². The maximum atomic E-state index is 11.8. The summed E-state index contributed by atoms with van der Waals surface area (Å²) in [5.74, 6) is -1.36. The number of carbonyl (C=O) groups excluding carboxylic acids is 1. The molecule has 0 aromatic heterocycles. The molecule has 0 aliphatic heterocycles. The summed E-state index contributed by atoms with van der Waals surface area (Å²) in [6.07, 6.45) is 11.7. The van der Waals surface area contributed by atoms with Crippen LogP contribution in [0.1, 0.15) is 42.4 Å². The van der Waals surface area contributed by atoms with E-state index in [9.17, 15) is 14.7 Å². The van der Waals surface area contributed by atoms with Gasteiger partial charge in [0.15, 0.2) is 0 Å². The van der Waals surface area contributed by atoms with Crippen molar-refractivity contribution in [2.75, 3.05) is 0 Å². The van der Waals surface area contributed by atoms with Crippen LogP contribution >= 0.6 is 0 Å². The Morgan fingerprint density at radius 1 is 1.03 bits per heavy atom. The third-order valence-electron chi connectivity index (χ3n) is 6.67. The van der Waals surface area contributed by atoms with E-state index in [1.807, 2.05) is 18.2 Å². The van der Waals surface area contributed by atoms with Crippen LogP contribution in [0.15, 0.2) is 72.3 Å². The molecular formula is C27H22O3. The Bertz CT molecular complexity index is 1320. The third-order valence-corrected chi connectivity index (χ3v) is 6.67. The van der Waals surface area contributed by atoms with Crippen LogP contribution in [0, 0.1) is 5.41 Å². The zero-order valence-corrected chi connectivity index (χ0v) is 16.9. The number of fused-ring (bicyclic) bond motifs is 7. The molecule has 0 heterocycles. The molecule has 5 rings (SSSR count). The Morgan fingerprint density at radius 3 is 2.57 bits per heavy atom. The molecule has 3 aromatic rings. The number of carboxylic acid groups (broad SMARTS) is 1. The molecule has 0 saturated carbocycles. The van der Waals surface area contributed by atoms with Gasteiger partial charge in [-0.05, 0) is 57.7 Å². The highest BCUT2D eigenvalue weighted by Gasteiger charge is 2.37. The summed E-state index contributed by atoms with van der Waals surface area (Å²) in [4.78, 5) is 23.4. The van der Waals surface area contributed by atoms with E-state index < -0.39 is 17.3 Å². The lowest BCUT2D eigenvalue weighted by molar-refractivity contribution is -0.149. The first-order valence-corrected chi connectivity index (χ1v) is 10.2. The minimum Gasteiger partial charge on any atom is -0.481 e. The van der Waals surface area contributed by atoms with Crippen molar-refractivity contribution in [3.8, 4) is 0 Å². The summed E-state index contributed by atoms with van der Waals surface area (Å²) in [6.45, 7) is 3.19. The van der Waals surface area contributed by atoms with Gasteiger partial charge in [0, 0.05) is 5.92 Å². The maximum Gasteiger partial charge on any atom is 0.310 e. The van der Waals surface area contributed by atoms with E-state index in [0.29, 0.717) is 5.92 Å². The number of carbonyl (C=O) groups is 2. The second kappa shape index (κ2) is 6.53. The molecule has 0 saturated heterocycles. The van der Waals surface area contributed by atoms with Crippen molar-refractivity contribution in [3.63, 3.8) is 0 Å². The lowest BCUT2D eigenvalue weighted by Crippen LogP contribution is -2.32. The standard InChI is InChI=1S/C27H22O3/c1-27(2,26(29)30)25(15-28)18-8-9-20-17(14-18)7-11-24-22(20)13-12-21-19-5-3-4-16(19)6-10-23(21)24/h3-15,19,25H,1-2H3,(H,29,30). The Balaban J connectivity index is 1.67. The SMILES string of the molecule is CC(C)(C(=O)O)C(C=O)c1ccc2c(ccc3c4c(ccc32)C2C=CC=C2C=C4)c1. The molecule has 148 valence electrons. The van der Waals surface area contributed by atoms with E-state index >= 15 is 0 Å². The summed E-state index contributed by atoms with van der Waals surface area (Å²) >= 11 is 0. The van der Waals surface area contributed by atoms with Crippen LogP contribution < -0.4 is 0 Å². The van der Waals surface area contributed by atoms with Crippen molar-refractivity contribution in [2.45, 2.75) is 25.7 Å². The molecule has 3 heteroatoms. The Morgan fingerprint density at radius 2 is 1.80 bits per heavy atom. The smallest absolute Gasteiger partial charge is 0.310 e. The van der Waals surface area contributed by atoms with E-state index in [2.05, 4.69) is 54.6 Å². The number of allylic oxidation sites excluding steroid dienone is 5. The van der Waals surface area contributed by atoms with Crippen molar-refractivity contribution in [1.82, 2.24) is 0 Å². The minimum atomic E-state index is -1.17. The van der Waals surface area contributed by atoms with Gasteiger partial charge in [-0.15, -0.1) is 0 Å². The van der Waals surface area contributed by atoms with Gasteiger partial charge in [0.25, 0.3) is 0 Å². The summed E-state index contributed by atoms with van der Waals surface area (Å²) in [5.41, 5.74) is 3.47. The number of aldehydes is 1. The summed E-state index contributed by atoms with van der Waals surface area (Å²) in [6, 6.07) is 14.5. The minimum absolute atomic E-state index is 0.332. The van der Waals surface area contributed by atoms with Gasteiger partial charge in [-0.3, -0.25) is 4.79 Å². The highest BCUT2D eigenvalue weighted by atomic mass is 16.4. The number of carboxylic acids is 1. The predicted octanol–water partition coefficient (Wildman–Crippen LogP) is 5.99. The van der Waals surface area contributed by atoms with Crippen molar-refractivity contribution in [1.29, 1.82) is 0 Å². The monoisotopic (exact) mass is 394 g/mol. The molecule has 0 bridgehead atoms. The zero-order valence-electron chi connectivity index (χ0n) is 16.9.